The second-order valence-corrected chi connectivity index (χ2v) is 8.59. The van der Waals surface area contributed by atoms with Crippen molar-refractivity contribution in [3.05, 3.63) is 22.4 Å². The molecule has 0 fully saturated rings. The zero-order valence-electron chi connectivity index (χ0n) is 13.0. The van der Waals surface area contributed by atoms with Crippen molar-refractivity contribution in [1.29, 1.82) is 0 Å². The predicted octanol–water partition coefficient (Wildman–Crippen LogP) is 2.74. The number of aryl methyl sites for hydroxylation is 1. The number of nitrogens with zero attached hydrogens (tertiary/aromatic N) is 1. The molecule has 1 aromatic heterocycles. The lowest BCUT2D eigenvalue weighted by molar-refractivity contribution is -0.132. The maximum Gasteiger partial charge on any atom is 0.222 e. The van der Waals surface area contributed by atoms with Crippen molar-refractivity contribution in [1.82, 2.24) is 4.90 Å². The third-order valence-electron chi connectivity index (χ3n) is 3.52. The molecule has 0 aromatic carbocycles. The van der Waals surface area contributed by atoms with Gasteiger partial charge in [-0.2, -0.15) is 0 Å². The third-order valence-corrected chi connectivity index (χ3v) is 6.33. The van der Waals surface area contributed by atoms with Crippen LogP contribution in [0.15, 0.2) is 17.5 Å². The van der Waals surface area contributed by atoms with E-state index < -0.39 is 9.84 Å². The third kappa shape index (κ3) is 6.18. The van der Waals surface area contributed by atoms with E-state index in [1.807, 2.05) is 25.3 Å². The van der Waals surface area contributed by atoms with Gasteiger partial charge in [0.25, 0.3) is 0 Å². The highest BCUT2D eigenvalue weighted by Crippen LogP contribution is 2.13. The van der Waals surface area contributed by atoms with Crippen molar-refractivity contribution in [3.8, 4) is 0 Å². The monoisotopic (exact) mass is 331 g/mol. The summed E-state index contributed by atoms with van der Waals surface area (Å²) < 4.78 is 23.4. The molecule has 0 radical (unpaired) electrons. The number of carbonyl (C=O) groups excluding carboxylic acids is 1. The quantitative estimate of drug-likeness (QED) is 0.699. The van der Waals surface area contributed by atoms with Crippen molar-refractivity contribution in [2.45, 2.75) is 46.1 Å². The first-order valence-corrected chi connectivity index (χ1v) is 10.1. The lowest BCUT2D eigenvalue weighted by atomic mass is 10.2. The summed E-state index contributed by atoms with van der Waals surface area (Å²) in [6.07, 6.45) is 2.19. The van der Waals surface area contributed by atoms with Gasteiger partial charge in [0.1, 0.15) is 0 Å². The van der Waals surface area contributed by atoms with Crippen LogP contribution in [0.4, 0.5) is 0 Å². The summed E-state index contributed by atoms with van der Waals surface area (Å²) in [7, 11) is -3.06. The highest BCUT2D eigenvalue weighted by atomic mass is 32.2. The minimum atomic E-state index is -3.06. The molecule has 0 aliphatic heterocycles. The van der Waals surface area contributed by atoms with Crippen molar-refractivity contribution >= 4 is 27.1 Å². The second-order valence-electron chi connectivity index (χ2n) is 5.16. The largest absolute Gasteiger partial charge is 0.339 e. The van der Waals surface area contributed by atoms with E-state index in [1.54, 1.807) is 23.2 Å². The molecule has 1 aromatic rings. The first-order chi connectivity index (χ1) is 9.89. The lowest BCUT2D eigenvalue weighted by Crippen LogP contribution is -2.42. The Balaban J connectivity index is 2.48. The Morgan fingerprint density at radius 1 is 1.38 bits per heavy atom. The Hall–Kier alpha value is -0.880. The van der Waals surface area contributed by atoms with Gasteiger partial charge in [-0.15, -0.1) is 11.3 Å². The molecule has 1 rings (SSSR count). The van der Waals surface area contributed by atoms with E-state index in [2.05, 4.69) is 6.07 Å². The van der Waals surface area contributed by atoms with Gasteiger partial charge in [-0.05, 0) is 38.1 Å². The first kappa shape index (κ1) is 18.2. The molecule has 0 bridgehead atoms. The molecule has 0 saturated heterocycles. The van der Waals surface area contributed by atoms with Crippen LogP contribution in [0.3, 0.4) is 0 Å². The summed E-state index contributed by atoms with van der Waals surface area (Å²) in [6.45, 7) is 5.90. The molecule has 0 N–H and O–H groups in total. The van der Waals surface area contributed by atoms with Crippen molar-refractivity contribution < 1.29 is 13.2 Å². The lowest BCUT2D eigenvalue weighted by Gasteiger charge is -2.28. The van der Waals surface area contributed by atoms with Crippen molar-refractivity contribution in [3.63, 3.8) is 0 Å². The second kappa shape index (κ2) is 8.54. The van der Waals surface area contributed by atoms with Crippen LogP contribution in [-0.4, -0.2) is 43.3 Å². The molecule has 4 nitrogen and oxygen atoms in total. The highest BCUT2D eigenvalue weighted by Gasteiger charge is 2.22. The van der Waals surface area contributed by atoms with E-state index in [9.17, 15) is 13.2 Å². The first-order valence-electron chi connectivity index (χ1n) is 7.41. The van der Waals surface area contributed by atoms with E-state index in [0.29, 0.717) is 13.0 Å². The maximum atomic E-state index is 12.3. The normalized spacial score (nSPS) is 13.1. The van der Waals surface area contributed by atoms with Gasteiger partial charge in [0, 0.05) is 29.6 Å². The van der Waals surface area contributed by atoms with Gasteiger partial charge >= 0.3 is 0 Å². The van der Waals surface area contributed by atoms with Gasteiger partial charge in [0.15, 0.2) is 9.84 Å². The Kier molecular flexibility index (Phi) is 7.39. The van der Waals surface area contributed by atoms with Gasteiger partial charge in [0.05, 0.1) is 5.75 Å². The van der Waals surface area contributed by atoms with Gasteiger partial charge in [-0.1, -0.05) is 13.0 Å². The van der Waals surface area contributed by atoms with Gasteiger partial charge in [-0.25, -0.2) is 8.42 Å². The highest BCUT2D eigenvalue weighted by molar-refractivity contribution is 7.91. The minimum absolute atomic E-state index is 0.0489. The van der Waals surface area contributed by atoms with E-state index in [4.69, 9.17) is 0 Å². The summed E-state index contributed by atoms with van der Waals surface area (Å²) in [6, 6.07) is 3.83. The number of carbonyl (C=O) groups is 1. The fourth-order valence-corrected chi connectivity index (χ4v) is 4.22. The Bertz CT molecular complexity index is 523. The number of hydrogen-bond acceptors (Lipinski definition) is 4. The minimum Gasteiger partial charge on any atom is -0.339 e. The standard InChI is InChI=1S/C15H25NO3S2/c1-4-16(13(3)12-21(18,19)5-2)15(17)10-6-8-14-9-7-11-20-14/h7,9,11,13H,4-6,8,10,12H2,1-3H3. The predicted molar refractivity (Wildman–Crippen MR) is 88.4 cm³/mol. The molecule has 0 aliphatic carbocycles. The average molecular weight is 332 g/mol. The van der Waals surface area contributed by atoms with E-state index in [0.717, 1.165) is 12.8 Å². The maximum absolute atomic E-state index is 12.3. The van der Waals surface area contributed by atoms with Crippen LogP contribution in [0, 0.1) is 0 Å². The smallest absolute Gasteiger partial charge is 0.222 e. The molecule has 1 heterocycles. The molecule has 21 heavy (non-hydrogen) atoms. The molecular weight excluding hydrogens is 306 g/mol. The molecule has 1 amide bonds. The van der Waals surface area contributed by atoms with Crippen LogP contribution in [0.2, 0.25) is 0 Å². The molecule has 0 saturated carbocycles. The molecule has 0 spiro atoms. The van der Waals surface area contributed by atoms with E-state index in [1.165, 1.54) is 4.88 Å². The molecule has 1 unspecified atom stereocenters. The zero-order chi connectivity index (χ0) is 15.9. The number of sulfone groups is 1. The summed E-state index contributed by atoms with van der Waals surface area (Å²) >= 11 is 1.70. The number of rotatable bonds is 9. The Morgan fingerprint density at radius 3 is 2.62 bits per heavy atom. The average Bonchev–Trinajstić information content (AvgIpc) is 2.92. The molecule has 0 aliphatic rings. The van der Waals surface area contributed by atoms with E-state index >= 15 is 0 Å². The molecule has 120 valence electrons. The summed E-state index contributed by atoms with van der Waals surface area (Å²) in [5.41, 5.74) is 0. The fourth-order valence-electron chi connectivity index (χ4n) is 2.32. The summed E-state index contributed by atoms with van der Waals surface area (Å²) in [4.78, 5) is 15.2. The Labute approximate surface area is 132 Å². The molecular formula is C15H25NO3S2. The van der Waals surface area contributed by atoms with Crippen LogP contribution in [0.25, 0.3) is 0 Å². The fraction of sp³-hybridized carbons (Fsp3) is 0.667. The van der Waals surface area contributed by atoms with Gasteiger partial charge in [-0.3, -0.25) is 4.79 Å². The van der Waals surface area contributed by atoms with Gasteiger partial charge < -0.3 is 4.90 Å². The van der Waals surface area contributed by atoms with Crippen molar-refractivity contribution in [2.75, 3.05) is 18.1 Å². The van der Waals surface area contributed by atoms with Crippen LogP contribution < -0.4 is 0 Å². The van der Waals surface area contributed by atoms with Crippen LogP contribution in [0.5, 0.6) is 0 Å². The van der Waals surface area contributed by atoms with Crippen molar-refractivity contribution in [2.24, 2.45) is 0 Å². The number of hydrogen-bond donors (Lipinski definition) is 0. The van der Waals surface area contributed by atoms with Crippen LogP contribution in [0.1, 0.15) is 38.5 Å². The van der Waals surface area contributed by atoms with Gasteiger partial charge in [0.2, 0.25) is 5.91 Å². The van der Waals surface area contributed by atoms with Crippen LogP contribution >= 0.6 is 11.3 Å². The Morgan fingerprint density at radius 2 is 2.10 bits per heavy atom. The number of amides is 1. The molecule has 1 atom stereocenters. The van der Waals surface area contributed by atoms with E-state index in [-0.39, 0.29) is 23.5 Å². The van der Waals surface area contributed by atoms with Crippen LogP contribution in [-0.2, 0) is 21.1 Å². The number of thiophene rings is 1. The summed E-state index contributed by atoms with van der Waals surface area (Å²) in [5, 5.41) is 2.03. The SMILES string of the molecule is CCN(C(=O)CCCc1cccs1)C(C)CS(=O)(=O)CC. The topological polar surface area (TPSA) is 54.5 Å². The molecule has 6 heteroatoms. The zero-order valence-corrected chi connectivity index (χ0v) is 14.7. The summed E-state index contributed by atoms with van der Waals surface area (Å²) in [5.74, 6) is 0.225.